The molecule has 1 heterocycles. The Kier molecular flexibility index (Phi) is 3.51. The van der Waals surface area contributed by atoms with Gasteiger partial charge in [0.2, 0.25) is 0 Å². The number of carboxylic acid groups (broad SMARTS) is 1. The average Bonchev–Trinajstić information content (AvgIpc) is 2.58. The molecule has 0 fully saturated rings. The van der Waals surface area contributed by atoms with Crippen molar-refractivity contribution < 1.29 is 14.8 Å². The number of carboxylic acids is 1. The van der Waals surface area contributed by atoms with Crippen LogP contribution >= 0.6 is 11.3 Å². The van der Waals surface area contributed by atoms with Crippen LogP contribution in [0.15, 0.2) is 16.4 Å². The summed E-state index contributed by atoms with van der Waals surface area (Å²) in [7, 11) is 3.20. The van der Waals surface area contributed by atoms with Gasteiger partial charge in [0.25, 0.3) is 0 Å². The minimum atomic E-state index is -1.26. The Morgan fingerprint density at radius 3 is 2.69 bits per heavy atom. The number of thiophene rings is 1. The highest BCUT2D eigenvalue weighted by molar-refractivity contribution is 7.17. The topological polar surface area (TPSA) is 108 Å². The molecule has 0 aliphatic carbocycles. The van der Waals surface area contributed by atoms with Crippen LogP contribution in [0.1, 0.15) is 9.67 Å². The second kappa shape index (κ2) is 4.66. The molecule has 8 nitrogen and oxygen atoms in total. The molecule has 0 saturated heterocycles. The molecule has 0 aliphatic rings. The molecule has 0 radical (unpaired) electrons. The maximum atomic E-state index is 10.8. The molecule has 1 aromatic heterocycles. The fourth-order valence-electron chi connectivity index (χ4n) is 0.824. The van der Waals surface area contributed by atoms with E-state index in [4.69, 9.17) is 5.11 Å². The van der Waals surface area contributed by atoms with E-state index in [-0.39, 0.29) is 15.6 Å². The summed E-state index contributed by atoms with van der Waals surface area (Å²) < 4.78 is 0. The van der Waals surface area contributed by atoms with Crippen LogP contribution < -0.4 is 0 Å². The van der Waals surface area contributed by atoms with E-state index in [0.717, 1.165) is 6.07 Å². The Morgan fingerprint density at radius 1 is 1.62 bits per heavy atom. The zero-order valence-corrected chi connectivity index (χ0v) is 9.26. The van der Waals surface area contributed by atoms with E-state index in [0.29, 0.717) is 11.3 Å². The van der Waals surface area contributed by atoms with Crippen molar-refractivity contribution in [1.82, 2.24) is 5.01 Å². The summed E-state index contributed by atoms with van der Waals surface area (Å²) in [4.78, 5) is 20.4. The van der Waals surface area contributed by atoms with Gasteiger partial charge in [-0.3, -0.25) is 15.1 Å². The summed E-state index contributed by atoms with van der Waals surface area (Å²) >= 11 is 0.556. The van der Waals surface area contributed by atoms with Gasteiger partial charge < -0.3 is 5.11 Å². The van der Waals surface area contributed by atoms with Crippen molar-refractivity contribution >= 4 is 28.0 Å². The third kappa shape index (κ3) is 2.73. The minimum absolute atomic E-state index is 0.0158. The number of carbonyl (C=O) groups is 1. The minimum Gasteiger partial charge on any atom is -0.477 e. The van der Waals surface area contributed by atoms with E-state index < -0.39 is 10.9 Å². The van der Waals surface area contributed by atoms with E-state index in [1.54, 1.807) is 14.1 Å². The Balaban J connectivity index is 3.15. The van der Waals surface area contributed by atoms with Crippen molar-refractivity contribution in [2.75, 3.05) is 14.1 Å². The Morgan fingerprint density at radius 2 is 2.25 bits per heavy atom. The molecule has 0 saturated carbocycles. The van der Waals surface area contributed by atoms with Crippen LogP contribution in [0.2, 0.25) is 0 Å². The number of nitro groups is 1. The number of aromatic carboxylic acids is 1. The lowest BCUT2D eigenvalue weighted by Crippen LogP contribution is -1.99. The molecule has 1 rings (SSSR count). The molecular weight excluding hydrogens is 236 g/mol. The lowest BCUT2D eigenvalue weighted by Gasteiger charge is -1.99. The molecule has 16 heavy (non-hydrogen) atoms. The molecule has 0 bridgehead atoms. The Bertz CT molecular complexity index is 453. The summed E-state index contributed by atoms with van der Waals surface area (Å²) in [6.45, 7) is 0. The molecule has 0 spiro atoms. The summed E-state index contributed by atoms with van der Waals surface area (Å²) in [5.41, 5.74) is -0.0158. The van der Waals surface area contributed by atoms with Crippen LogP contribution in [-0.2, 0) is 0 Å². The van der Waals surface area contributed by atoms with Gasteiger partial charge in [0, 0.05) is 14.1 Å². The van der Waals surface area contributed by atoms with Crippen LogP contribution in [0.25, 0.3) is 0 Å². The van der Waals surface area contributed by atoms with E-state index in [9.17, 15) is 14.9 Å². The van der Waals surface area contributed by atoms with Crippen molar-refractivity contribution in [3.63, 3.8) is 0 Å². The fourth-order valence-corrected chi connectivity index (χ4v) is 1.57. The first-order chi connectivity index (χ1) is 7.41. The van der Waals surface area contributed by atoms with Crippen molar-refractivity contribution in [3.8, 4) is 0 Å². The van der Waals surface area contributed by atoms with Gasteiger partial charge in [-0.25, -0.2) is 4.79 Å². The third-order valence-electron chi connectivity index (χ3n) is 1.40. The molecule has 0 aliphatic heterocycles. The van der Waals surface area contributed by atoms with Gasteiger partial charge in [-0.05, 0) is 0 Å². The molecule has 86 valence electrons. The maximum Gasteiger partial charge on any atom is 0.348 e. The maximum absolute atomic E-state index is 10.8. The van der Waals surface area contributed by atoms with Crippen molar-refractivity contribution in [2.24, 2.45) is 10.3 Å². The highest BCUT2D eigenvalue weighted by atomic mass is 32.1. The first kappa shape index (κ1) is 12.0. The van der Waals surface area contributed by atoms with E-state index in [1.807, 2.05) is 0 Å². The van der Waals surface area contributed by atoms with Gasteiger partial charge in [0.1, 0.15) is 10.6 Å². The lowest BCUT2D eigenvalue weighted by atomic mass is 10.4. The van der Waals surface area contributed by atoms with E-state index in [2.05, 4.69) is 10.3 Å². The van der Waals surface area contributed by atoms with Crippen molar-refractivity contribution in [3.05, 3.63) is 21.1 Å². The highest BCUT2D eigenvalue weighted by Crippen LogP contribution is 2.34. The largest absolute Gasteiger partial charge is 0.477 e. The number of rotatable bonds is 4. The normalized spacial score (nSPS) is 10.6. The van der Waals surface area contributed by atoms with Crippen LogP contribution in [-0.4, -0.2) is 35.1 Å². The average molecular weight is 244 g/mol. The third-order valence-corrected chi connectivity index (χ3v) is 2.47. The zero-order valence-electron chi connectivity index (χ0n) is 8.45. The molecule has 0 unspecified atom stereocenters. The van der Waals surface area contributed by atoms with Crippen LogP contribution in [0.3, 0.4) is 0 Å². The van der Waals surface area contributed by atoms with Gasteiger partial charge in [-0.1, -0.05) is 16.6 Å². The first-order valence-corrected chi connectivity index (χ1v) is 4.84. The summed E-state index contributed by atoms with van der Waals surface area (Å²) in [6.07, 6.45) is 0. The molecule has 0 amide bonds. The van der Waals surface area contributed by atoms with Crippen LogP contribution in [0.5, 0.6) is 0 Å². The predicted octanol–water partition coefficient (Wildman–Crippen LogP) is 1.91. The molecule has 1 aromatic rings. The molecule has 9 heteroatoms. The molecule has 0 atom stereocenters. The fraction of sp³-hybridized carbons (Fsp3) is 0.286. The number of hydrogen-bond acceptors (Lipinski definition) is 6. The van der Waals surface area contributed by atoms with Gasteiger partial charge in [-0.15, -0.1) is 5.11 Å². The van der Waals surface area contributed by atoms with Crippen molar-refractivity contribution in [1.29, 1.82) is 0 Å². The van der Waals surface area contributed by atoms with E-state index >= 15 is 0 Å². The summed E-state index contributed by atoms with van der Waals surface area (Å²) in [5, 5.41) is 27.5. The SMILES string of the molecule is CN(C)/N=N/c1cc([N+](=O)[O-])sc1C(=O)O. The van der Waals surface area contributed by atoms with E-state index in [1.165, 1.54) is 5.01 Å². The number of hydrogen-bond donors (Lipinski definition) is 1. The predicted molar refractivity (Wildman–Crippen MR) is 56.1 cm³/mol. The molecule has 1 N–H and O–H groups in total. The Labute approximate surface area is 94.0 Å². The van der Waals surface area contributed by atoms with Crippen LogP contribution in [0.4, 0.5) is 10.7 Å². The van der Waals surface area contributed by atoms with Crippen molar-refractivity contribution in [2.45, 2.75) is 0 Å². The quantitative estimate of drug-likeness (QED) is 0.494. The van der Waals surface area contributed by atoms with Gasteiger partial charge in [-0.2, -0.15) is 0 Å². The second-order valence-electron chi connectivity index (χ2n) is 2.90. The summed E-state index contributed by atoms with van der Waals surface area (Å²) in [5.74, 6) is -1.26. The standard InChI is InChI=1S/C7H8N4O4S/c1-10(2)9-8-4-3-5(11(14)15)16-6(4)7(12)13/h3H,1-2H3,(H,12,13)/b9-8+. The Hall–Kier alpha value is -2.03. The first-order valence-electron chi connectivity index (χ1n) is 4.02. The van der Waals surface area contributed by atoms with Gasteiger partial charge in [0.05, 0.1) is 11.0 Å². The van der Waals surface area contributed by atoms with Gasteiger partial charge in [0.15, 0.2) is 0 Å². The zero-order chi connectivity index (χ0) is 12.3. The monoisotopic (exact) mass is 244 g/mol. The van der Waals surface area contributed by atoms with Gasteiger partial charge >= 0.3 is 11.0 Å². The second-order valence-corrected chi connectivity index (χ2v) is 3.93. The number of nitrogens with zero attached hydrogens (tertiary/aromatic N) is 4. The lowest BCUT2D eigenvalue weighted by molar-refractivity contribution is -0.380. The summed E-state index contributed by atoms with van der Waals surface area (Å²) in [6, 6.07) is 1.08. The highest BCUT2D eigenvalue weighted by Gasteiger charge is 2.21. The molecular formula is C7H8N4O4S. The molecule has 0 aromatic carbocycles. The van der Waals surface area contributed by atoms with Crippen LogP contribution in [0, 0.1) is 10.1 Å². The smallest absolute Gasteiger partial charge is 0.348 e.